The summed E-state index contributed by atoms with van der Waals surface area (Å²) < 4.78 is 32.6. The molecule has 8 nitrogen and oxygen atoms in total. The number of nitrogens with one attached hydrogen (secondary N) is 3. The molecule has 0 unspecified atom stereocenters. The quantitative estimate of drug-likeness (QED) is 0.624. The highest BCUT2D eigenvalue weighted by atomic mass is 32.2. The maximum Gasteiger partial charge on any atom is 0.242 e. The summed E-state index contributed by atoms with van der Waals surface area (Å²) in [6, 6.07) is 11.4. The zero-order chi connectivity index (χ0) is 20.7. The molecule has 150 valence electrons. The van der Waals surface area contributed by atoms with E-state index in [1.807, 2.05) is 6.92 Å². The van der Waals surface area contributed by atoms with Gasteiger partial charge in [0.15, 0.2) is 0 Å². The smallest absolute Gasteiger partial charge is 0.242 e. The lowest BCUT2D eigenvalue weighted by atomic mass is 10.2. The number of amides is 2. The Hall–Kier alpha value is -2.91. The zero-order valence-electron chi connectivity index (χ0n) is 15.9. The van der Waals surface area contributed by atoms with Gasteiger partial charge in [-0.1, -0.05) is 0 Å². The molecule has 0 fully saturated rings. The van der Waals surface area contributed by atoms with E-state index >= 15 is 0 Å². The van der Waals surface area contributed by atoms with Gasteiger partial charge in [0.1, 0.15) is 5.75 Å². The van der Waals surface area contributed by atoms with E-state index in [4.69, 9.17) is 4.74 Å². The van der Waals surface area contributed by atoms with Crippen molar-refractivity contribution in [3.63, 3.8) is 0 Å². The van der Waals surface area contributed by atoms with Crippen molar-refractivity contribution >= 4 is 33.2 Å². The van der Waals surface area contributed by atoms with E-state index in [9.17, 15) is 18.0 Å². The molecule has 2 rings (SSSR count). The van der Waals surface area contributed by atoms with Crippen molar-refractivity contribution in [1.82, 2.24) is 4.72 Å². The van der Waals surface area contributed by atoms with E-state index in [2.05, 4.69) is 15.4 Å². The van der Waals surface area contributed by atoms with Gasteiger partial charge in [-0.05, 0) is 62.4 Å². The van der Waals surface area contributed by atoms with Crippen molar-refractivity contribution in [3.8, 4) is 5.75 Å². The van der Waals surface area contributed by atoms with Crippen LogP contribution in [0.5, 0.6) is 5.75 Å². The summed E-state index contributed by atoms with van der Waals surface area (Å²) in [5.74, 6) is -0.0760. The second kappa shape index (κ2) is 9.34. The topological polar surface area (TPSA) is 114 Å². The van der Waals surface area contributed by atoms with E-state index < -0.39 is 22.0 Å². The molecule has 0 spiro atoms. The summed E-state index contributed by atoms with van der Waals surface area (Å²) in [6.45, 7) is 5.22. The molecule has 28 heavy (non-hydrogen) atoms. The monoisotopic (exact) mass is 405 g/mol. The normalized spacial score (nSPS) is 12.1. The summed E-state index contributed by atoms with van der Waals surface area (Å²) in [5, 5.41) is 5.20. The van der Waals surface area contributed by atoms with E-state index in [1.54, 1.807) is 24.3 Å². The molecule has 0 aliphatic rings. The SMILES string of the molecule is CCOc1ccc(NC(=O)[C@H](C)NS(=O)(=O)c2ccc(NC(C)=O)cc2)cc1. The predicted molar refractivity (Wildman–Crippen MR) is 107 cm³/mol. The predicted octanol–water partition coefficient (Wildman–Crippen LogP) is 2.35. The van der Waals surface area contributed by atoms with Crippen LogP contribution in [0.15, 0.2) is 53.4 Å². The Kier molecular flexibility index (Phi) is 7.13. The fourth-order valence-corrected chi connectivity index (χ4v) is 3.53. The Morgan fingerprint density at radius 3 is 2.04 bits per heavy atom. The minimum atomic E-state index is -3.90. The summed E-state index contributed by atoms with van der Waals surface area (Å²) in [7, 11) is -3.90. The van der Waals surface area contributed by atoms with Gasteiger partial charge in [-0.25, -0.2) is 8.42 Å². The van der Waals surface area contributed by atoms with Crippen molar-refractivity contribution < 1.29 is 22.7 Å². The zero-order valence-corrected chi connectivity index (χ0v) is 16.7. The van der Waals surface area contributed by atoms with Crippen molar-refractivity contribution in [2.45, 2.75) is 31.7 Å². The van der Waals surface area contributed by atoms with Crippen LogP contribution in [0, 0.1) is 0 Å². The average molecular weight is 405 g/mol. The number of benzene rings is 2. The van der Waals surface area contributed by atoms with Crippen LogP contribution in [0.3, 0.4) is 0 Å². The van der Waals surface area contributed by atoms with Gasteiger partial charge < -0.3 is 15.4 Å². The van der Waals surface area contributed by atoms with Gasteiger partial charge in [0, 0.05) is 18.3 Å². The van der Waals surface area contributed by atoms with E-state index in [0.29, 0.717) is 23.7 Å². The summed E-state index contributed by atoms with van der Waals surface area (Å²) in [4.78, 5) is 23.3. The molecule has 2 amide bonds. The fourth-order valence-electron chi connectivity index (χ4n) is 2.33. The number of hydrogen-bond acceptors (Lipinski definition) is 5. The molecular weight excluding hydrogens is 382 g/mol. The molecule has 0 aromatic heterocycles. The fraction of sp³-hybridized carbons (Fsp3) is 0.263. The number of carbonyl (C=O) groups excluding carboxylic acids is 2. The molecule has 0 aliphatic heterocycles. The first-order valence-electron chi connectivity index (χ1n) is 8.65. The van der Waals surface area contributed by atoms with Crippen LogP contribution in [0.2, 0.25) is 0 Å². The summed E-state index contributed by atoms with van der Waals surface area (Å²) in [6.07, 6.45) is 0. The lowest BCUT2D eigenvalue weighted by Gasteiger charge is -2.15. The number of carbonyl (C=O) groups is 2. The first-order chi connectivity index (χ1) is 13.2. The van der Waals surface area contributed by atoms with Crippen molar-refractivity contribution in [2.24, 2.45) is 0 Å². The molecule has 3 N–H and O–H groups in total. The highest BCUT2D eigenvalue weighted by molar-refractivity contribution is 7.89. The van der Waals surface area contributed by atoms with E-state index in [1.165, 1.54) is 38.1 Å². The third-order valence-corrected chi connectivity index (χ3v) is 5.20. The Morgan fingerprint density at radius 2 is 1.50 bits per heavy atom. The highest BCUT2D eigenvalue weighted by Crippen LogP contribution is 2.17. The maximum atomic E-state index is 12.5. The summed E-state index contributed by atoms with van der Waals surface area (Å²) in [5.41, 5.74) is 1.01. The maximum absolute atomic E-state index is 12.5. The molecule has 1 atom stereocenters. The van der Waals surface area contributed by atoms with Gasteiger partial charge in [0.05, 0.1) is 17.5 Å². The summed E-state index contributed by atoms with van der Waals surface area (Å²) >= 11 is 0. The first-order valence-corrected chi connectivity index (χ1v) is 10.1. The standard InChI is InChI=1S/C19H23N3O5S/c1-4-27-17-9-5-16(6-10-17)21-19(24)13(2)22-28(25,26)18-11-7-15(8-12-18)20-14(3)23/h5-13,22H,4H2,1-3H3,(H,20,23)(H,21,24)/t13-/m0/s1. The van der Waals surface area contributed by atoms with Crippen LogP contribution in [-0.4, -0.2) is 32.9 Å². The van der Waals surface area contributed by atoms with Gasteiger partial charge >= 0.3 is 0 Å². The molecule has 2 aromatic carbocycles. The Labute approximate surface area is 164 Å². The van der Waals surface area contributed by atoms with Gasteiger partial charge in [0.25, 0.3) is 0 Å². The third-order valence-electron chi connectivity index (χ3n) is 3.64. The van der Waals surface area contributed by atoms with E-state index in [0.717, 1.165) is 0 Å². The largest absolute Gasteiger partial charge is 0.494 e. The van der Waals surface area contributed by atoms with Gasteiger partial charge in [-0.3, -0.25) is 9.59 Å². The third kappa shape index (κ3) is 6.07. The molecule has 0 saturated carbocycles. The van der Waals surface area contributed by atoms with Gasteiger partial charge in [0.2, 0.25) is 21.8 Å². The van der Waals surface area contributed by atoms with Crippen LogP contribution in [0.25, 0.3) is 0 Å². The Balaban J connectivity index is 2.00. The molecule has 2 aromatic rings. The minimum Gasteiger partial charge on any atom is -0.494 e. The van der Waals surface area contributed by atoms with Crippen LogP contribution in [-0.2, 0) is 19.6 Å². The number of anilines is 2. The van der Waals surface area contributed by atoms with E-state index in [-0.39, 0.29) is 10.8 Å². The lowest BCUT2D eigenvalue weighted by molar-refractivity contribution is -0.117. The van der Waals surface area contributed by atoms with Crippen molar-refractivity contribution in [3.05, 3.63) is 48.5 Å². The van der Waals surface area contributed by atoms with Crippen LogP contribution >= 0.6 is 0 Å². The van der Waals surface area contributed by atoms with Crippen LogP contribution in [0.4, 0.5) is 11.4 Å². The van der Waals surface area contributed by atoms with Crippen LogP contribution < -0.4 is 20.1 Å². The number of ether oxygens (including phenoxy) is 1. The molecule has 0 heterocycles. The molecule has 0 aliphatic carbocycles. The molecule has 0 bridgehead atoms. The average Bonchev–Trinajstić information content (AvgIpc) is 2.63. The Bertz CT molecular complexity index is 925. The number of sulfonamides is 1. The van der Waals surface area contributed by atoms with Gasteiger partial charge in [-0.2, -0.15) is 4.72 Å². The second-order valence-electron chi connectivity index (χ2n) is 6.00. The molecule has 9 heteroatoms. The number of hydrogen-bond donors (Lipinski definition) is 3. The first kappa shape index (κ1) is 21.4. The highest BCUT2D eigenvalue weighted by Gasteiger charge is 2.22. The second-order valence-corrected chi connectivity index (χ2v) is 7.71. The van der Waals surface area contributed by atoms with Crippen molar-refractivity contribution in [1.29, 1.82) is 0 Å². The van der Waals surface area contributed by atoms with Crippen LogP contribution in [0.1, 0.15) is 20.8 Å². The minimum absolute atomic E-state index is 0.0117. The van der Waals surface area contributed by atoms with Gasteiger partial charge in [-0.15, -0.1) is 0 Å². The molecular formula is C19H23N3O5S. The lowest BCUT2D eigenvalue weighted by Crippen LogP contribution is -2.41. The molecule has 0 saturated heterocycles. The Morgan fingerprint density at radius 1 is 0.964 bits per heavy atom. The number of rotatable bonds is 8. The molecule has 0 radical (unpaired) electrons. The van der Waals surface area contributed by atoms with Crippen molar-refractivity contribution in [2.75, 3.05) is 17.2 Å².